The number of ether oxygens (including phenoxy) is 1. The molecule has 7 heteroatoms. The summed E-state index contributed by atoms with van der Waals surface area (Å²) in [4.78, 5) is 0. The van der Waals surface area contributed by atoms with E-state index in [0.29, 0.717) is 17.0 Å². The van der Waals surface area contributed by atoms with Crippen molar-refractivity contribution in [2.75, 3.05) is 17.2 Å². The van der Waals surface area contributed by atoms with Gasteiger partial charge in [-0.25, -0.2) is 8.42 Å². The first-order chi connectivity index (χ1) is 7.52. The Labute approximate surface area is 93.1 Å². The van der Waals surface area contributed by atoms with E-state index in [9.17, 15) is 13.5 Å². The molecule has 88 valence electrons. The fraction of sp³-hybridized carbons (Fsp3) is 0.333. The van der Waals surface area contributed by atoms with Gasteiger partial charge < -0.3 is 15.6 Å². The molecule has 0 spiro atoms. The molecule has 0 radical (unpaired) electrons. The average Bonchev–Trinajstić information content (AvgIpc) is 2.25. The van der Waals surface area contributed by atoms with Crippen molar-refractivity contribution in [3.05, 3.63) is 23.8 Å². The van der Waals surface area contributed by atoms with E-state index in [1.807, 2.05) is 0 Å². The molecule has 0 aromatic heterocycles. The van der Waals surface area contributed by atoms with Crippen molar-refractivity contribution in [1.29, 1.82) is 0 Å². The largest absolute Gasteiger partial charge is 0.474 e. The number of nitrogens with two attached hydrogens (primary N) is 1. The van der Waals surface area contributed by atoms with E-state index in [1.54, 1.807) is 12.1 Å². The molecule has 2 rings (SSSR count). The van der Waals surface area contributed by atoms with E-state index in [2.05, 4.69) is 4.72 Å². The minimum absolute atomic E-state index is 0.0758. The predicted molar refractivity (Wildman–Crippen MR) is 58.5 cm³/mol. The highest BCUT2D eigenvalue weighted by Crippen LogP contribution is 2.31. The van der Waals surface area contributed by atoms with E-state index >= 15 is 0 Å². The quantitative estimate of drug-likeness (QED) is 0.667. The van der Waals surface area contributed by atoms with Crippen molar-refractivity contribution in [3.63, 3.8) is 0 Å². The molecule has 0 saturated heterocycles. The van der Waals surface area contributed by atoms with Crippen LogP contribution < -0.4 is 15.2 Å². The molecule has 0 amide bonds. The normalized spacial score (nSPS) is 19.1. The summed E-state index contributed by atoms with van der Waals surface area (Å²) in [5, 5.41) is 9.52. The lowest BCUT2D eigenvalue weighted by Gasteiger charge is -2.20. The van der Waals surface area contributed by atoms with Gasteiger partial charge in [0.2, 0.25) is 5.94 Å². The summed E-state index contributed by atoms with van der Waals surface area (Å²) < 4.78 is 29.9. The summed E-state index contributed by atoms with van der Waals surface area (Å²) >= 11 is 0. The predicted octanol–water partition coefficient (Wildman–Crippen LogP) is -0.230. The Bertz CT molecular complexity index is 500. The van der Waals surface area contributed by atoms with Gasteiger partial charge in [-0.1, -0.05) is 6.07 Å². The molecule has 1 heterocycles. The van der Waals surface area contributed by atoms with Crippen LogP contribution in [0.5, 0.6) is 5.75 Å². The number of aliphatic hydroxyl groups is 1. The van der Waals surface area contributed by atoms with Crippen molar-refractivity contribution >= 4 is 15.7 Å². The molecule has 0 aliphatic carbocycles. The third kappa shape index (κ3) is 2.11. The van der Waals surface area contributed by atoms with E-state index in [-0.39, 0.29) is 6.54 Å². The molecule has 1 atom stereocenters. The molecule has 4 N–H and O–H groups in total. The number of hydrogen-bond acceptors (Lipinski definition) is 5. The molecule has 16 heavy (non-hydrogen) atoms. The van der Waals surface area contributed by atoms with Crippen molar-refractivity contribution < 1.29 is 18.3 Å². The number of benzene rings is 1. The average molecular weight is 244 g/mol. The minimum atomic E-state index is -3.43. The van der Waals surface area contributed by atoms with Crippen molar-refractivity contribution in [3.8, 4) is 5.75 Å². The zero-order valence-electron chi connectivity index (χ0n) is 8.38. The summed E-state index contributed by atoms with van der Waals surface area (Å²) in [6, 6.07) is 4.77. The maximum absolute atomic E-state index is 11.2. The smallest absolute Gasteiger partial charge is 0.268 e. The molecule has 1 aromatic carbocycles. The van der Waals surface area contributed by atoms with E-state index in [1.165, 1.54) is 6.07 Å². The molecule has 6 nitrogen and oxygen atoms in total. The highest BCUT2D eigenvalue weighted by atomic mass is 32.2. The van der Waals surface area contributed by atoms with Crippen LogP contribution in [-0.4, -0.2) is 26.0 Å². The van der Waals surface area contributed by atoms with Crippen LogP contribution in [0.4, 0.5) is 5.69 Å². The molecule has 0 bridgehead atoms. The van der Waals surface area contributed by atoms with Crippen LogP contribution in [0.1, 0.15) is 11.7 Å². The molecular weight excluding hydrogens is 232 g/mol. The Hall–Kier alpha value is -1.31. The second-order valence-corrected chi connectivity index (χ2v) is 5.16. The van der Waals surface area contributed by atoms with Crippen molar-refractivity contribution in [1.82, 2.24) is 0 Å². The first-order valence-corrected chi connectivity index (χ1v) is 6.32. The first-order valence-electron chi connectivity index (χ1n) is 4.67. The van der Waals surface area contributed by atoms with Gasteiger partial charge in [-0.2, -0.15) is 0 Å². The molecule has 1 aromatic rings. The standard InChI is InChI=1S/C9H12N2O4S/c10-4-8(12)6-1-2-9-7(3-6)11-16(13,14)5-15-9/h1-3,8,11-12H,4-5,10H2. The Balaban J connectivity index is 2.38. The molecule has 1 aliphatic heterocycles. The van der Waals surface area contributed by atoms with Crippen LogP contribution in [-0.2, 0) is 10.0 Å². The van der Waals surface area contributed by atoms with Crippen LogP contribution in [0.3, 0.4) is 0 Å². The van der Waals surface area contributed by atoms with Crippen molar-refractivity contribution in [2.24, 2.45) is 5.73 Å². The fourth-order valence-electron chi connectivity index (χ4n) is 1.43. The molecule has 0 fully saturated rings. The number of nitrogens with one attached hydrogen (secondary N) is 1. The lowest BCUT2D eigenvalue weighted by Crippen LogP contribution is -2.25. The van der Waals surface area contributed by atoms with Gasteiger partial charge in [-0.15, -0.1) is 0 Å². The zero-order valence-corrected chi connectivity index (χ0v) is 9.20. The Kier molecular flexibility index (Phi) is 2.75. The number of sulfonamides is 1. The van der Waals surface area contributed by atoms with Gasteiger partial charge in [-0.05, 0) is 17.7 Å². The maximum atomic E-state index is 11.2. The maximum Gasteiger partial charge on any atom is 0.268 e. The van der Waals surface area contributed by atoms with Crippen LogP contribution in [0, 0.1) is 0 Å². The number of aliphatic hydroxyl groups excluding tert-OH is 1. The lowest BCUT2D eigenvalue weighted by atomic mass is 10.1. The summed E-state index contributed by atoms with van der Waals surface area (Å²) in [6.07, 6.45) is -0.809. The molecule has 0 saturated carbocycles. The third-order valence-electron chi connectivity index (χ3n) is 2.25. The third-order valence-corrected chi connectivity index (χ3v) is 3.21. The SMILES string of the molecule is NCC(O)c1ccc2c(c1)NS(=O)(=O)CO2. The van der Waals surface area contributed by atoms with E-state index in [4.69, 9.17) is 10.5 Å². The fourth-order valence-corrected chi connectivity index (χ4v) is 2.27. The summed E-state index contributed by atoms with van der Waals surface area (Å²) in [7, 11) is -3.43. The summed E-state index contributed by atoms with van der Waals surface area (Å²) in [6.45, 7) is 0.0758. The summed E-state index contributed by atoms with van der Waals surface area (Å²) in [5.74, 6) is 0.0569. The van der Waals surface area contributed by atoms with E-state index in [0.717, 1.165) is 0 Å². The van der Waals surface area contributed by atoms with E-state index < -0.39 is 22.1 Å². The van der Waals surface area contributed by atoms with Crippen molar-refractivity contribution in [2.45, 2.75) is 6.10 Å². The summed E-state index contributed by atoms with van der Waals surface area (Å²) in [5.41, 5.74) is 6.19. The molecular formula is C9H12N2O4S. The van der Waals surface area contributed by atoms with Gasteiger partial charge >= 0.3 is 0 Å². The number of hydrogen-bond donors (Lipinski definition) is 3. The second kappa shape index (κ2) is 3.93. The zero-order chi connectivity index (χ0) is 11.8. The Morgan fingerprint density at radius 3 is 3.00 bits per heavy atom. The second-order valence-electron chi connectivity index (χ2n) is 3.49. The molecule has 1 unspecified atom stereocenters. The van der Waals surface area contributed by atoms with Gasteiger partial charge in [0.1, 0.15) is 5.75 Å². The minimum Gasteiger partial charge on any atom is -0.474 e. The van der Waals surface area contributed by atoms with Gasteiger partial charge in [0.05, 0.1) is 11.8 Å². The van der Waals surface area contributed by atoms with Crippen LogP contribution >= 0.6 is 0 Å². The van der Waals surface area contributed by atoms with Gasteiger partial charge in [0.15, 0.2) is 0 Å². The van der Waals surface area contributed by atoms with Crippen LogP contribution in [0.2, 0.25) is 0 Å². The van der Waals surface area contributed by atoms with Crippen LogP contribution in [0.25, 0.3) is 0 Å². The number of fused-ring (bicyclic) bond motifs is 1. The number of anilines is 1. The highest BCUT2D eigenvalue weighted by molar-refractivity contribution is 7.92. The number of rotatable bonds is 2. The monoisotopic (exact) mass is 244 g/mol. The van der Waals surface area contributed by atoms with Gasteiger partial charge in [0.25, 0.3) is 10.0 Å². The molecule has 1 aliphatic rings. The first kappa shape index (κ1) is 11.2. The van der Waals surface area contributed by atoms with Gasteiger partial charge in [-0.3, -0.25) is 4.72 Å². The highest BCUT2D eigenvalue weighted by Gasteiger charge is 2.22. The Morgan fingerprint density at radius 1 is 1.56 bits per heavy atom. The van der Waals surface area contributed by atoms with Crippen LogP contribution in [0.15, 0.2) is 18.2 Å². The topological polar surface area (TPSA) is 102 Å². The van der Waals surface area contributed by atoms with Gasteiger partial charge in [0, 0.05) is 6.54 Å². The lowest BCUT2D eigenvalue weighted by molar-refractivity contribution is 0.186. The Morgan fingerprint density at radius 2 is 2.31 bits per heavy atom.